The SMILES string of the molecule is CC1(C)O[C@@H]2CC3C4C[C@H](F)C5=CC(=O)C=C[C@]5(C)C4C(O)C[C@]3(C)[C@]2(C(=O)C(=O)O)O1. The van der Waals surface area contributed by atoms with Crippen molar-refractivity contribution in [3.63, 3.8) is 0 Å². The van der Waals surface area contributed by atoms with Crippen LogP contribution in [0.25, 0.3) is 0 Å². The van der Waals surface area contributed by atoms with Crippen LogP contribution in [0.3, 0.4) is 0 Å². The lowest BCUT2D eigenvalue weighted by Gasteiger charge is -2.60. The first-order valence-electron chi connectivity index (χ1n) is 11.2. The molecule has 174 valence electrons. The van der Waals surface area contributed by atoms with Gasteiger partial charge >= 0.3 is 5.97 Å². The quantitative estimate of drug-likeness (QED) is 0.624. The van der Waals surface area contributed by atoms with Crippen molar-refractivity contribution in [1.29, 1.82) is 0 Å². The molecule has 0 bridgehead atoms. The van der Waals surface area contributed by atoms with Gasteiger partial charge in [0.1, 0.15) is 6.17 Å². The number of fused-ring (bicyclic) bond motifs is 7. The summed E-state index contributed by atoms with van der Waals surface area (Å²) in [7, 11) is 0. The van der Waals surface area contributed by atoms with Gasteiger partial charge in [0, 0.05) is 16.7 Å². The van der Waals surface area contributed by atoms with Crippen LogP contribution in [0, 0.1) is 28.6 Å². The van der Waals surface area contributed by atoms with E-state index in [0.29, 0.717) is 12.0 Å². The lowest BCUT2D eigenvalue weighted by atomic mass is 9.46. The summed E-state index contributed by atoms with van der Waals surface area (Å²) in [5.74, 6) is -5.10. The summed E-state index contributed by atoms with van der Waals surface area (Å²) < 4.78 is 27.6. The second-order valence-corrected chi connectivity index (χ2v) is 11.0. The van der Waals surface area contributed by atoms with E-state index in [9.17, 15) is 24.6 Å². The summed E-state index contributed by atoms with van der Waals surface area (Å²) >= 11 is 0. The maximum Gasteiger partial charge on any atom is 0.375 e. The second-order valence-electron chi connectivity index (χ2n) is 11.0. The van der Waals surface area contributed by atoms with Gasteiger partial charge in [-0.1, -0.05) is 19.9 Å². The average Bonchev–Trinajstić information content (AvgIpc) is 3.08. The van der Waals surface area contributed by atoms with Crippen LogP contribution in [0.4, 0.5) is 4.39 Å². The molecule has 1 aliphatic heterocycles. The summed E-state index contributed by atoms with van der Waals surface area (Å²) in [5.41, 5.74) is -3.25. The Morgan fingerprint density at radius 1 is 1.19 bits per heavy atom. The fourth-order valence-electron chi connectivity index (χ4n) is 7.99. The van der Waals surface area contributed by atoms with E-state index in [2.05, 4.69) is 0 Å². The van der Waals surface area contributed by atoms with Crippen LogP contribution >= 0.6 is 0 Å². The molecule has 0 aromatic carbocycles. The molecule has 0 radical (unpaired) electrons. The summed E-state index contributed by atoms with van der Waals surface area (Å²) in [5, 5.41) is 21.1. The van der Waals surface area contributed by atoms with Crippen LogP contribution in [0.5, 0.6) is 0 Å². The molecule has 1 saturated heterocycles. The molecule has 0 aromatic rings. The largest absolute Gasteiger partial charge is 0.475 e. The first kappa shape index (κ1) is 21.9. The van der Waals surface area contributed by atoms with E-state index < -0.39 is 52.4 Å². The third kappa shape index (κ3) is 2.49. The normalized spacial score (nSPS) is 50.7. The van der Waals surface area contributed by atoms with Crippen molar-refractivity contribution in [3.05, 3.63) is 23.8 Å². The Labute approximate surface area is 185 Å². The number of aliphatic hydroxyl groups is 1. The van der Waals surface area contributed by atoms with E-state index in [1.165, 1.54) is 12.2 Å². The summed E-state index contributed by atoms with van der Waals surface area (Å²) in [6, 6.07) is 0. The predicted molar refractivity (Wildman–Crippen MR) is 109 cm³/mol. The molecular weight excluding hydrogens is 419 g/mol. The monoisotopic (exact) mass is 448 g/mol. The van der Waals surface area contributed by atoms with Crippen LogP contribution < -0.4 is 0 Å². The molecule has 5 rings (SSSR count). The van der Waals surface area contributed by atoms with Crippen LogP contribution in [0.1, 0.15) is 47.0 Å². The Hall–Kier alpha value is -1.90. The first-order chi connectivity index (χ1) is 14.8. The van der Waals surface area contributed by atoms with Crippen molar-refractivity contribution >= 4 is 17.5 Å². The third-order valence-electron chi connectivity index (χ3n) is 9.00. The lowest BCUT2D eigenvalue weighted by molar-refractivity contribution is -0.226. The summed E-state index contributed by atoms with van der Waals surface area (Å²) in [6.07, 6.45) is 1.92. The van der Waals surface area contributed by atoms with Crippen molar-refractivity contribution in [2.24, 2.45) is 28.6 Å². The Kier molecular flexibility index (Phi) is 4.36. The molecular formula is C24H29FO7. The van der Waals surface area contributed by atoms with E-state index in [0.717, 1.165) is 0 Å². The standard InChI is InChI=1S/C24H29FO7/c1-21(2)31-17-9-13-12-8-15(25)14-7-11(26)5-6-22(14,3)18(12)16(27)10-23(13,4)24(17,32-21)19(28)20(29)30/h5-7,12-13,15-18,27H,8-10H2,1-4H3,(H,29,30)/t12?,13?,15-,16?,17+,18?,22-,23-,24-/m0/s1. The third-order valence-corrected chi connectivity index (χ3v) is 9.00. The van der Waals surface area contributed by atoms with Gasteiger partial charge in [0.05, 0.1) is 12.2 Å². The van der Waals surface area contributed by atoms with E-state index in [4.69, 9.17) is 9.47 Å². The number of Topliss-reactive ketones (excluding diaryl/α,β-unsaturated/α-hetero) is 1. The number of halogens is 1. The molecule has 7 nitrogen and oxygen atoms in total. The van der Waals surface area contributed by atoms with Crippen molar-refractivity contribution in [2.45, 2.75) is 76.7 Å². The number of ether oxygens (including phenoxy) is 2. The molecule has 5 aliphatic rings. The van der Waals surface area contributed by atoms with Crippen LogP contribution in [0.15, 0.2) is 23.8 Å². The minimum absolute atomic E-state index is 0.0952. The first-order valence-corrected chi connectivity index (χ1v) is 11.2. The highest BCUT2D eigenvalue weighted by molar-refractivity contribution is 6.36. The van der Waals surface area contributed by atoms with Gasteiger partial charge in [-0.3, -0.25) is 9.59 Å². The smallest absolute Gasteiger partial charge is 0.375 e. The zero-order valence-corrected chi connectivity index (χ0v) is 18.6. The highest BCUT2D eigenvalue weighted by Crippen LogP contribution is 2.70. The molecule has 32 heavy (non-hydrogen) atoms. The van der Waals surface area contributed by atoms with Gasteiger partial charge in [-0.05, 0) is 62.7 Å². The van der Waals surface area contributed by atoms with Gasteiger partial charge in [-0.15, -0.1) is 0 Å². The predicted octanol–water partition coefficient (Wildman–Crippen LogP) is 2.37. The molecule has 1 heterocycles. The maximum atomic E-state index is 15.5. The highest BCUT2D eigenvalue weighted by atomic mass is 19.1. The number of hydrogen-bond acceptors (Lipinski definition) is 6. The Morgan fingerprint density at radius 3 is 2.53 bits per heavy atom. The number of aliphatic carboxylic acids is 1. The Balaban J connectivity index is 1.63. The number of rotatable bonds is 2. The Bertz CT molecular complexity index is 985. The number of carboxylic acid groups (broad SMARTS) is 1. The number of ketones is 2. The number of allylic oxidation sites excluding steroid dienone is 4. The fraction of sp³-hybridized carbons (Fsp3) is 0.708. The van der Waals surface area contributed by atoms with Crippen molar-refractivity contribution in [3.8, 4) is 0 Å². The zero-order chi connectivity index (χ0) is 23.4. The van der Waals surface area contributed by atoms with Gasteiger partial charge in [0.25, 0.3) is 5.78 Å². The number of alkyl halides is 1. The van der Waals surface area contributed by atoms with Crippen molar-refractivity contribution in [1.82, 2.24) is 0 Å². The molecule has 4 aliphatic carbocycles. The number of carbonyl (C=O) groups is 3. The molecule has 4 fully saturated rings. The van der Waals surface area contributed by atoms with E-state index in [1.807, 2.05) is 6.92 Å². The minimum Gasteiger partial charge on any atom is -0.475 e. The average molecular weight is 448 g/mol. The molecule has 2 N–H and O–H groups in total. The maximum absolute atomic E-state index is 15.5. The highest BCUT2D eigenvalue weighted by Gasteiger charge is 2.78. The summed E-state index contributed by atoms with van der Waals surface area (Å²) in [4.78, 5) is 37.0. The fourth-order valence-corrected chi connectivity index (χ4v) is 7.99. The van der Waals surface area contributed by atoms with Gasteiger partial charge in [-0.2, -0.15) is 0 Å². The molecule has 3 saturated carbocycles. The van der Waals surface area contributed by atoms with E-state index in [-0.39, 0.29) is 36.4 Å². The van der Waals surface area contributed by atoms with Gasteiger partial charge in [0.2, 0.25) is 0 Å². The van der Waals surface area contributed by atoms with E-state index >= 15 is 4.39 Å². The van der Waals surface area contributed by atoms with Gasteiger partial charge in [-0.25, -0.2) is 9.18 Å². The van der Waals surface area contributed by atoms with Crippen LogP contribution in [-0.4, -0.2) is 57.5 Å². The van der Waals surface area contributed by atoms with Gasteiger partial charge in [0.15, 0.2) is 17.2 Å². The van der Waals surface area contributed by atoms with Crippen LogP contribution in [-0.2, 0) is 23.9 Å². The second kappa shape index (κ2) is 6.36. The Morgan fingerprint density at radius 2 is 1.88 bits per heavy atom. The molecule has 0 aromatic heterocycles. The molecule has 0 spiro atoms. The van der Waals surface area contributed by atoms with Crippen LogP contribution in [0.2, 0.25) is 0 Å². The number of carbonyl (C=O) groups excluding carboxylic acids is 2. The van der Waals surface area contributed by atoms with E-state index in [1.54, 1.807) is 26.8 Å². The molecule has 4 unspecified atom stereocenters. The number of carboxylic acids is 1. The van der Waals surface area contributed by atoms with Crippen molar-refractivity contribution < 1.29 is 38.5 Å². The van der Waals surface area contributed by atoms with Crippen molar-refractivity contribution in [2.75, 3.05) is 0 Å². The number of hydrogen-bond donors (Lipinski definition) is 2. The number of aliphatic hydroxyl groups excluding tert-OH is 1. The minimum atomic E-state index is -1.75. The topological polar surface area (TPSA) is 110 Å². The lowest BCUT2D eigenvalue weighted by Crippen LogP contribution is -2.65. The zero-order valence-electron chi connectivity index (χ0n) is 18.6. The molecule has 0 amide bonds. The summed E-state index contributed by atoms with van der Waals surface area (Å²) in [6.45, 7) is 6.91. The molecule has 9 atom stereocenters. The van der Waals surface area contributed by atoms with Gasteiger partial charge < -0.3 is 19.7 Å². The molecule has 8 heteroatoms.